The number of nitrogens with zero attached hydrogens (tertiary/aromatic N) is 1. The average Bonchev–Trinajstić information content (AvgIpc) is 2.87. The summed E-state index contributed by atoms with van der Waals surface area (Å²) in [5, 5.41) is 0. The predicted molar refractivity (Wildman–Crippen MR) is 68.5 cm³/mol. The summed E-state index contributed by atoms with van der Waals surface area (Å²) < 4.78 is 33.2. The summed E-state index contributed by atoms with van der Waals surface area (Å²) in [5.41, 5.74) is 0.947. The van der Waals surface area contributed by atoms with Gasteiger partial charge in [0, 0.05) is 6.54 Å². The molecule has 0 aliphatic carbocycles. The van der Waals surface area contributed by atoms with Gasteiger partial charge >= 0.3 is 12.6 Å². The van der Waals surface area contributed by atoms with E-state index in [1.807, 2.05) is 4.90 Å². The van der Waals surface area contributed by atoms with E-state index in [0.717, 1.165) is 24.9 Å². The molecule has 1 aliphatic heterocycles. The fourth-order valence-corrected chi connectivity index (χ4v) is 2.43. The van der Waals surface area contributed by atoms with Gasteiger partial charge in [0.2, 0.25) is 0 Å². The van der Waals surface area contributed by atoms with E-state index in [4.69, 9.17) is 4.74 Å². The summed E-state index contributed by atoms with van der Waals surface area (Å²) in [4.78, 5) is 13.7. The average molecular weight is 285 g/mol. The third-order valence-electron chi connectivity index (χ3n) is 3.37. The molecule has 0 amide bonds. The quantitative estimate of drug-likeness (QED) is 0.779. The van der Waals surface area contributed by atoms with Gasteiger partial charge in [-0.25, -0.2) is 0 Å². The van der Waals surface area contributed by atoms with Gasteiger partial charge < -0.3 is 9.47 Å². The molecule has 20 heavy (non-hydrogen) atoms. The molecular weight excluding hydrogens is 268 g/mol. The maximum atomic E-state index is 12.0. The number of hydrogen-bond acceptors (Lipinski definition) is 4. The van der Waals surface area contributed by atoms with Crippen molar-refractivity contribution < 1.29 is 23.0 Å². The first kappa shape index (κ1) is 14.7. The zero-order chi connectivity index (χ0) is 14.5. The molecule has 0 N–H and O–H groups in total. The van der Waals surface area contributed by atoms with Gasteiger partial charge in [0.15, 0.2) is 0 Å². The fourth-order valence-electron chi connectivity index (χ4n) is 2.43. The lowest BCUT2D eigenvalue weighted by Crippen LogP contribution is -2.36. The molecule has 0 radical (unpaired) electrons. The maximum Gasteiger partial charge on any atom is 0.387 e. The molecule has 0 unspecified atom stereocenters. The normalized spacial score (nSPS) is 19.3. The summed E-state index contributed by atoms with van der Waals surface area (Å²) in [6, 6.07) is 6.25. The van der Waals surface area contributed by atoms with Crippen LogP contribution in [0.4, 0.5) is 8.78 Å². The highest BCUT2D eigenvalue weighted by Crippen LogP contribution is 2.22. The summed E-state index contributed by atoms with van der Waals surface area (Å²) in [5.74, 6) is -0.0881. The molecule has 1 aromatic carbocycles. The van der Waals surface area contributed by atoms with E-state index in [0.29, 0.717) is 6.54 Å². The van der Waals surface area contributed by atoms with Crippen molar-refractivity contribution in [1.29, 1.82) is 0 Å². The second-order valence-electron chi connectivity index (χ2n) is 4.67. The molecule has 1 aliphatic rings. The minimum Gasteiger partial charge on any atom is -0.468 e. The third kappa shape index (κ3) is 3.66. The molecule has 110 valence electrons. The van der Waals surface area contributed by atoms with Crippen LogP contribution < -0.4 is 4.74 Å². The van der Waals surface area contributed by atoms with Crippen LogP contribution in [0.25, 0.3) is 0 Å². The van der Waals surface area contributed by atoms with Crippen LogP contribution in [0, 0.1) is 0 Å². The van der Waals surface area contributed by atoms with Crippen LogP contribution >= 0.6 is 0 Å². The Hall–Kier alpha value is -1.69. The minimum atomic E-state index is -2.82. The number of benzene rings is 1. The Morgan fingerprint density at radius 1 is 1.40 bits per heavy atom. The zero-order valence-corrected chi connectivity index (χ0v) is 11.2. The van der Waals surface area contributed by atoms with Gasteiger partial charge in [0.25, 0.3) is 0 Å². The first-order valence-electron chi connectivity index (χ1n) is 6.46. The fraction of sp³-hybridized carbons (Fsp3) is 0.500. The van der Waals surface area contributed by atoms with E-state index in [1.54, 1.807) is 12.1 Å². The highest BCUT2D eigenvalue weighted by molar-refractivity contribution is 5.75. The molecule has 2 rings (SSSR count). The number of alkyl halides is 2. The van der Waals surface area contributed by atoms with Crippen molar-refractivity contribution in [1.82, 2.24) is 4.90 Å². The molecule has 4 nitrogen and oxygen atoms in total. The van der Waals surface area contributed by atoms with Gasteiger partial charge in [-0.15, -0.1) is 0 Å². The van der Waals surface area contributed by atoms with Crippen molar-refractivity contribution in [2.45, 2.75) is 32.0 Å². The van der Waals surface area contributed by atoms with Crippen LogP contribution in [-0.2, 0) is 16.1 Å². The van der Waals surface area contributed by atoms with Gasteiger partial charge in [-0.2, -0.15) is 8.78 Å². The molecule has 6 heteroatoms. The Morgan fingerprint density at radius 3 is 2.70 bits per heavy atom. The highest BCUT2D eigenvalue weighted by atomic mass is 19.3. The maximum absolute atomic E-state index is 12.0. The monoisotopic (exact) mass is 285 g/mol. The number of likely N-dealkylation sites (tertiary alicyclic amines) is 1. The Bertz CT molecular complexity index is 450. The molecule has 0 saturated carbocycles. The largest absolute Gasteiger partial charge is 0.468 e. The molecule has 1 saturated heterocycles. The third-order valence-corrected chi connectivity index (χ3v) is 3.37. The summed E-state index contributed by atoms with van der Waals surface area (Å²) in [6.45, 7) is -1.40. The summed E-state index contributed by atoms with van der Waals surface area (Å²) in [6.07, 6.45) is 1.74. The van der Waals surface area contributed by atoms with Crippen molar-refractivity contribution in [2.75, 3.05) is 13.7 Å². The molecule has 1 fully saturated rings. The first-order valence-corrected chi connectivity index (χ1v) is 6.46. The minimum absolute atomic E-state index is 0.134. The van der Waals surface area contributed by atoms with Gasteiger partial charge in [-0.1, -0.05) is 12.1 Å². The molecule has 1 atom stereocenters. The Morgan fingerprint density at radius 2 is 2.10 bits per heavy atom. The Balaban J connectivity index is 1.97. The molecule has 0 bridgehead atoms. The van der Waals surface area contributed by atoms with Crippen LogP contribution in [0.1, 0.15) is 18.4 Å². The smallest absolute Gasteiger partial charge is 0.387 e. The van der Waals surface area contributed by atoms with E-state index in [2.05, 4.69) is 4.74 Å². The van der Waals surface area contributed by atoms with Crippen LogP contribution in [0.15, 0.2) is 24.3 Å². The van der Waals surface area contributed by atoms with E-state index < -0.39 is 6.61 Å². The molecule has 1 heterocycles. The van der Waals surface area contributed by atoms with E-state index in [9.17, 15) is 13.6 Å². The van der Waals surface area contributed by atoms with Crippen LogP contribution in [0.5, 0.6) is 5.75 Å². The number of ether oxygens (including phenoxy) is 2. The lowest BCUT2D eigenvalue weighted by molar-refractivity contribution is -0.146. The number of esters is 1. The molecular formula is C14H17F2NO3. The second-order valence-corrected chi connectivity index (χ2v) is 4.67. The standard InChI is InChI=1S/C14H17F2NO3/c1-19-13(18)12-3-2-8-17(12)9-10-4-6-11(7-5-10)20-14(15)16/h4-7,12,14H,2-3,8-9H2,1H3/t12-/m0/s1. The summed E-state index contributed by atoms with van der Waals surface area (Å²) in [7, 11) is 1.38. The van der Waals surface area contributed by atoms with Crippen molar-refractivity contribution in [3.8, 4) is 5.75 Å². The number of carbonyl (C=O) groups excluding carboxylic acids is 1. The topological polar surface area (TPSA) is 38.8 Å². The van der Waals surface area contributed by atoms with Crippen molar-refractivity contribution in [2.24, 2.45) is 0 Å². The number of hydrogen-bond donors (Lipinski definition) is 0. The van der Waals surface area contributed by atoms with E-state index in [-0.39, 0.29) is 17.8 Å². The number of rotatable bonds is 5. The van der Waals surface area contributed by atoms with Crippen molar-refractivity contribution in [3.63, 3.8) is 0 Å². The predicted octanol–water partition coefficient (Wildman–Crippen LogP) is 2.43. The van der Waals surface area contributed by atoms with Gasteiger partial charge in [-0.3, -0.25) is 9.69 Å². The highest BCUT2D eigenvalue weighted by Gasteiger charge is 2.31. The van der Waals surface area contributed by atoms with Crippen molar-refractivity contribution >= 4 is 5.97 Å². The van der Waals surface area contributed by atoms with Crippen LogP contribution in [-0.4, -0.2) is 37.2 Å². The van der Waals surface area contributed by atoms with Gasteiger partial charge in [0.1, 0.15) is 11.8 Å². The van der Waals surface area contributed by atoms with E-state index >= 15 is 0 Å². The molecule has 1 aromatic rings. The van der Waals surface area contributed by atoms with Gasteiger partial charge in [-0.05, 0) is 37.1 Å². The lowest BCUT2D eigenvalue weighted by atomic mass is 10.2. The number of methoxy groups -OCH3 is 1. The van der Waals surface area contributed by atoms with Crippen LogP contribution in [0.3, 0.4) is 0 Å². The van der Waals surface area contributed by atoms with E-state index in [1.165, 1.54) is 19.2 Å². The SMILES string of the molecule is COC(=O)[C@@H]1CCCN1Cc1ccc(OC(F)F)cc1. The Labute approximate surface area is 116 Å². The lowest BCUT2D eigenvalue weighted by Gasteiger charge is -2.22. The van der Waals surface area contributed by atoms with Crippen LogP contribution in [0.2, 0.25) is 0 Å². The second kappa shape index (κ2) is 6.65. The number of carbonyl (C=O) groups is 1. The molecule has 0 aromatic heterocycles. The molecule has 0 spiro atoms. The Kier molecular flexibility index (Phi) is 4.89. The first-order chi connectivity index (χ1) is 9.60. The summed E-state index contributed by atoms with van der Waals surface area (Å²) >= 11 is 0. The van der Waals surface area contributed by atoms with Crippen molar-refractivity contribution in [3.05, 3.63) is 29.8 Å². The van der Waals surface area contributed by atoms with Gasteiger partial charge in [0.05, 0.1) is 7.11 Å². The zero-order valence-electron chi connectivity index (χ0n) is 11.2. The number of halogens is 2.